The predicted molar refractivity (Wildman–Crippen MR) is 647 cm³/mol. The van der Waals surface area contributed by atoms with Crippen molar-refractivity contribution >= 4 is 715 Å². The van der Waals surface area contributed by atoms with E-state index in [9.17, 15) is 0 Å². The summed E-state index contributed by atoms with van der Waals surface area (Å²) in [6, 6.07) is 7.00. The molecule has 1 aromatic carbocycles. The fraction of sp³-hybridized carbons (Fsp3) is 0.571. The minimum Gasteiger partial charge on any atom is -0.309 e. The van der Waals surface area contributed by atoms with Crippen LogP contribution >= 0.6 is 0 Å². The first-order valence-electron chi connectivity index (χ1n) is 39.8. The van der Waals surface area contributed by atoms with E-state index in [1.165, 1.54) is 49.0 Å². The van der Waals surface area contributed by atoms with Crippen molar-refractivity contribution < 1.29 is 0 Å². The smallest absolute Gasteiger partial charge is 0.0233 e. The SMILES string of the molecule is [B][B]B(B([B])[B])B(B(B([B])[B])B([B])[B])B(B(B([B])[B])B([B])[B])B(B(B(B([B])[B])B([B])[B])B(B([B])[B])B([B])[B])B(B(B(B(B([B])[B])B([B])[B])B(B([B])[B])B([B])[B])B(B(B([B])[B])B([B])[B])B(B([B])[B])B([B])[B])B(B(B(B([B])[B])B([B])[B])B(B([B])[B])B([B])[B])B(B(B([B])[B])B([B])[B])B(B([B])[B])B([B])[B].c1cc2c(cc1CN1CCCCC1)CNC2. The first-order chi connectivity index (χ1) is 53.9. The first kappa shape index (κ1) is 119. The zero-order chi connectivity index (χ0) is 90.8. The number of rotatable bonds is 51. The molecule has 389 valence electrons. The second kappa shape index (κ2) is 56.1. The molecule has 1 aromatic rings. The summed E-state index contributed by atoms with van der Waals surface area (Å²) in [4.78, 5) is 2.59. The van der Waals surface area contributed by atoms with Gasteiger partial charge in [-0.2, -0.15) is 0 Å². The molecule has 0 aliphatic carbocycles. The lowest BCUT2D eigenvalue weighted by atomic mass is 8.18. The molecule has 103 heteroatoms. The lowest BCUT2D eigenvalue weighted by Crippen LogP contribution is -3.01. The highest BCUT2D eigenvalue weighted by Crippen LogP contribution is 2.31. The number of hydrogen-bond donors (Lipinski definition) is 1. The molecule has 1 N–H and O–H groups in total. The Morgan fingerprint density at radius 1 is 0.214 bits per heavy atom. The van der Waals surface area contributed by atoms with Gasteiger partial charge in [-0.05, 0) is 42.6 Å². The molecule has 1 saturated heterocycles. The normalized spacial score (nSPS) is 11.4. The summed E-state index contributed by atoms with van der Waals surface area (Å²) >= 11 is 0. The summed E-state index contributed by atoms with van der Waals surface area (Å²) in [5.74, 6) is 0. The van der Waals surface area contributed by atoms with Crippen molar-refractivity contribution in [2.24, 2.45) is 0 Å². The maximum atomic E-state index is 7.25. The zero-order valence-electron chi connectivity index (χ0n) is 68.1. The molecule has 117 heavy (non-hydrogen) atoms. The molecule has 0 unspecified atom stereocenters. The molecular formula is C14H20B101N2. The van der Waals surface area contributed by atoms with Crippen molar-refractivity contribution in [3.63, 3.8) is 0 Å². The second-order valence-electron chi connectivity index (χ2n) is 33.5. The van der Waals surface area contributed by atoms with E-state index in [-0.39, 0.29) is 0 Å². The molecule has 1 fully saturated rings. The van der Waals surface area contributed by atoms with Gasteiger partial charge in [0, 0.05) is 734 Å². The Morgan fingerprint density at radius 3 is 0.564 bits per heavy atom. The number of benzene rings is 1. The van der Waals surface area contributed by atoms with Gasteiger partial charge in [-0.1, -0.05) is 24.6 Å². The van der Waals surface area contributed by atoms with Gasteiger partial charge >= 0.3 is 0 Å². The molecular weight excluding hydrogens is 1290 g/mol. The lowest BCUT2D eigenvalue weighted by molar-refractivity contribution is 0.221. The third-order valence-corrected chi connectivity index (χ3v) is 25.3. The van der Waals surface area contributed by atoms with E-state index < -0.39 is 313 Å². The van der Waals surface area contributed by atoms with Crippen LogP contribution in [-0.2, 0) is 19.6 Å². The van der Waals surface area contributed by atoms with Crippen LogP contribution in [0, 0.1) is 0 Å². The molecule has 0 atom stereocenters. The number of nitrogens with one attached hydrogen (secondary N) is 1. The van der Waals surface area contributed by atoms with E-state index >= 15 is 0 Å². The van der Waals surface area contributed by atoms with Crippen molar-refractivity contribution in [3.05, 3.63) is 34.9 Å². The summed E-state index contributed by atoms with van der Waals surface area (Å²) in [6.45, 7) is 5.83. The van der Waals surface area contributed by atoms with Gasteiger partial charge in [0.1, 0.15) is 0 Å². The van der Waals surface area contributed by atoms with E-state index in [0.717, 1.165) is 26.7 Å². The fourth-order valence-corrected chi connectivity index (χ4v) is 21.0. The van der Waals surface area contributed by atoms with Crippen LogP contribution in [0.5, 0.6) is 0 Å². The van der Waals surface area contributed by atoms with Crippen molar-refractivity contribution in [1.82, 2.24) is 10.2 Å². The van der Waals surface area contributed by atoms with Gasteiger partial charge in [-0.3, -0.25) is 4.90 Å². The summed E-state index contributed by atoms with van der Waals surface area (Å²) < 4.78 is 0. The Labute approximate surface area is 803 Å². The summed E-state index contributed by atoms with van der Waals surface area (Å²) in [6.07, 6.45) is -88.8. The van der Waals surface area contributed by atoms with Crippen LogP contribution in [0.15, 0.2) is 18.2 Å². The molecule has 0 spiro atoms. The van der Waals surface area contributed by atoms with Gasteiger partial charge in [-0.15, -0.1) is 0 Å². The highest BCUT2D eigenvalue weighted by molar-refractivity contribution is 8.44. The van der Waals surface area contributed by atoms with Gasteiger partial charge in [0.15, 0.2) is 0 Å². The van der Waals surface area contributed by atoms with Gasteiger partial charge in [0.2, 0.25) is 0 Å². The van der Waals surface area contributed by atoms with Crippen molar-refractivity contribution in [2.45, 2.75) is 38.9 Å². The van der Waals surface area contributed by atoms with Gasteiger partial charge < -0.3 is 5.32 Å². The summed E-state index contributed by atoms with van der Waals surface area (Å²) in [5.41, 5.74) is 4.49. The zero-order valence-corrected chi connectivity index (χ0v) is 68.1. The Hall–Kier alpha value is 5.70. The highest BCUT2D eigenvalue weighted by atomic mass is 15.1. The van der Waals surface area contributed by atoms with Crippen molar-refractivity contribution in [3.8, 4) is 0 Å². The van der Waals surface area contributed by atoms with Crippen LogP contribution in [0.3, 0.4) is 0 Å². The number of likely N-dealkylation sites (tertiary alicyclic amines) is 1. The molecule has 0 saturated carbocycles. The molecule has 0 amide bonds. The quantitative estimate of drug-likeness (QED) is 0.0654. The highest BCUT2D eigenvalue weighted by Gasteiger charge is 2.69. The largest absolute Gasteiger partial charge is 0.309 e. The monoisotopic (exact) mass is 1330 g/mol. The number of fused-ring (bicyclic) bond motifs is 1. The minimum absolute atomic E-state index is 1.03. The minimum atomic E-state index is -2.33. The Morgan fingerprint density at radius 2 is 0.385 bits per heavy atom. The van der Waals surface area contributed by atoms with Crippen LogP contribution in [0.1, 0.15) is 36.0 Å². The Bertz CT molecular complexity index is 2410. The number of hydrogen-bond acceptors (Lipinski definition) is 2. The molecule has 2 heterocycles. The van der Waals surface area contributed by atoms with Crippen LogP contribution in [0.2, 0.25) is 0 Å². The van der Waals surface area contributed by atoms with E-state index in [0.29, 0.717) is 0 Å². The fourth-order valence-electron chi connectivity index (χ4n) is 21.0. The maximum Gasteiger partial charge on any atom is 0.0233 e. The van der Waals surface area contributed by atoms with Crippen molar-refractivity contribution in [1.29, 1.82) is 0 Å². The summed E-state index contributed by atoms with van der Waals surface area (Å²) in [5, 5.41) is 3.40. The van der Waals surface area contributed by atoms with E-state index in [1.54, 1.807) is 0 Å². The van der Waals surface area contributed by atoms with E-state index in [1.807, 2.05) is 0 Å². The van der Waals surface area contributed by atoms with Crippen LogP contribution in [0.4, 0.5) is 0 Å². The summed E-state index contributed by atoms with van der Waals surface area (Å²) in [7, 11) is 364. The van der Waals surface area contributed by atoms with E-state index in [2.05, 4.69) is 28.4 Å². The topological polar surface area (TPSA) is 15.3 Å². The van der Waals surface area contributed by atoms with Crippen molar-refractivity contribution in [2.75, 3.05) is 13.1 Å². The predicted octanol–water partition coefficient (Wildman–Crippen LogP) is -36.2. The maximum absolute atomic E-state index is 7.25. The number of piperidine rings is 1. The molecule has 0 bridgehead atoms. The molecule has 2 aliphatic heterocycles. The standard InChI is InChI=1S/C14H20N2.B101/c1-2-6-16(7-3-1)11-12-4-5-13-9-15-10-14(13)8-12;1-52-78(53(2)3)91(79(54(4)5)55(6)7)97(90(76(48)49)77(50)51)100(96(88(72(40)41)73(42)43)89(74(44)45)75(46)47)101(98(92(80(56(8)9)57(10)11)81(58(12)13)59(14)15)93(82(60(16)17)61(18)19)83(62(20)21)63(22)23)99(94(84(64(24)25)65(26)27)85(66(28)29)67(30)31)95(86(68(32)33)69(34)35)87(70(36)37)71(38)39/h4-5,8,15H,1-3,6-7,9-11H2;. The average Bonchev–Trinajstić information content (AvgIpc) is 1.01. The van der Waals surface area contributed by atoms with Gasteiger partial charge in [0.25, 0.3) is 0 Å². The first-order valence-corrected chi connectivity index (χ1v) is 39.8. The lowest BCUT2D eigenvalue weighted by Gasteiger charge is -2.63. The third-order valence-electron chi connectivity index (χ3n) is 25.3. The van der Waals surface area contributed by atoms with E-state index in [4.69, 9.17) is 395 Å². The molecule has 103 radical (unpaired) electrons. The number of nitrogens with zero attached hydrogens (tertiary/aromatic N) is 1. The van der Waals surface area contributed by atoms with Gasteiger partial charge in [0.05, 0.1) is 0 Å². The average molecular weight is 1310 g/mol. The van der Waals surface area contributed by atoms with Crippen LogP contribution in [0.25, 0.3) is 0 Å². The Balaban J connectivity index is 0.00000253. The molecule has 0 aromatic heterocycles. The van der Waals surface area contributed by atoms with Crippen LogP contribution in [-0.4, -0.2) is 733 Å². The third kappa shape index (κ3) is 32.8. The van der Waals surface area contributed by atoms with Crippen LogP contribution < -0.4 is 5.32 Å². The molecule has 2 nitrogen and oxygen atoms in total. The Kier molecular flexibility index (Phi) is 57.0. The second-order valence-corrected chi connectivity index (χ2v) is 33.5. The molecule has 3 rings (SSSR count). The van der Waals surface area contributed by atoms with Gasteiger partial charge in [-0.25, -0.2) is 0 Å². The molecule has 2 aliphatic rings.